The van der Waals surface area contributed by atoms with E-state index in [0.717, 1.165) is 45.1 Å². The van der Waals surface area contributed by atoms with Gasteiger partial charge < -0.3 is 4.57 Å². The van der Waals surface area contributed by atoms with Gasteiger partial charge in [-0.05, 0) is 90.9 Å². The molecule has 7 nitrogen and oxygen atoms in total. The lowest BCUT2D eigenvalue weighted by Gasteiger charge is -2.09. The molecule has 0 saturated heterocycles. The molecule has 0 N–H and O–H groups in total. The number of hydrogen-bond donors (Lipinski definition) is 0. The summed E-state index contributed by atoms with van der Waals surface area (Å²) in [5.74, 6) is 0. The molecule has 0 atom stereocenters. The maximum atomic E-state index is 11.2. The Hall–Kier alpha value is -3.83. The average Bonchev–Trinajstić information content (AvgIpc) is 3.47. The van der Waals surface area contributed by atoms with Gasteiger partial charge in [-0.1, -0.05) is 30.3 Å². The van der Waals surface area contributed by atoms with Gasteiger partial charge in [-0.25, -0.2) is 4.68 Å². The summed E-state index contributed by atoms with van der Waals surface area (Å²) in [6.07, 6.45) is 2.69. The summed E-state index contributed by atoms with van der Waals surface area (Å²) in [7, 11) is 0. The van der Waals surface area contributed by atoms with Crippen molar-refractivity contribution in [1.29, 1.82) is 0 Å². The first-order chi connectivity index (χ1) is 18.9. The van der Waals surface area contributed by atoms with E-state index in [1.54, 1.807) is 12.1 Å². The van der Waals surface area contributed by atoms with Crippen molar-refractivity contribution in [3.63, 3.8) is 0 Å². The number of aromatic nitrogens is 2. The Kier molecular flexibility index (Phi) is 8.18. The van der Waals surface area contributed by atoms with Crippen LogP contribution >= 0.6 is 33.9 Å². The molecule has 0 spiro atoms. The van der Waals surface area contributed by atoms with Crippen LogP contribution in [-0.4, -0.2) is 26.9 Å². The van der Waals surface area contributed by atoms with Gasteiger partial charge in [0.15, 0.2) is 0 Å². The first-order valence-electron chi connectivity index (χ1n) is 12.4. The highest BCUT2D eigenvalue weighted by Crippen LogP contribution is 2.24. The van der Waals surface area contributed by atoms with Gasteiger partial charge in [0.2, 0.25) is 4.80 Å². The second-order valence-corrected chi connectivity index (χ2v) is 11.1. The van der Waals surface area contributed by atoms with Gasteiger partial charge in [-0.15, -0.1) is 11.3 Å². The molecule has 0 aliphatic rings. The smallest absolute Gasteiger partial charge is 0.269 e. The minimum Gasteiger partial charge on any atom is -0.318 e. The summed E-state index contributed by atoms with van der Waals surface area (Å²) in [5.41, 5.74) is 7.28. The normalized spacial score (nSPS) is 11.9. The minimum atomic E-state index is -0.392. The van der Waals surface area contributed by atoms with Crippen LogP contribution in [0.5, 0.6) is 0 Å². The van der Waals surface area contributed by atoms with Crippen LogP contribution in [0.3, 0.4) is 0 Å². The fraction of sp³-hybridized carbons (Fsp3) is 0.133. The quantitative estimate of drug-likeness (QED) is 0.0776. The second kappa shape index (κ2) is 11.9. The minimum absolute atomic E-state index is 0.0554. The largest absolute Gasteiger partial charge is 0.318 e. The van der Waals surface area contributed by atoms with E-state index < -0.39 is 4.92 Å². The number of hydrogen-bond acceptors (Lipinski definition) is 5. The van der Waals surface area contributed by atoms with Crippen LogP contribution in [-0.2, 0) is 6.42 Å². The van der Waals surface area contributed by atoms with Crippen LogP contribution in [0.2, 0.25) is 0 Å². The first kappa shape index (κ1) is 26.8. The third-order valence-electron chi connectivity index (χ3n) is 6.42. The summed E-state index contributed by atoms with van der Waals surface area (Å²) in [6, 6.07) is 27.4. The number of aryl methyl sites for hydroxylation is 1. The molecular weight excluding hydrogens is 621 g/mol. The van der Waals surface area contributed by atoms with E-state index in [-0.39, 0.29) is 5.69 Å². The summed E-state index contributed by atoms with van der Waals surface area (Å²) >= 11 is 3.82. The van der Waals surface area contributed by atoms with E-state index in [0.29, 0.717) is 6.54 Å². The number of thiazole rings is 1. The molecule has 0 amide bonds. The van der Waals surface area contributed by atoms with Crippen LogP contribution in [0.15, 0.2) is 100 Å². The Morgan fingerprint density at radius 1 is 1.00 bits per heavy atom. The predicted molar refractivity (Wildman–Crippen MR) is 166 cm³/mol. The third kappa shape index (κ3) is 6.10. The second-order valence-electron chi connectivity index (χ2n) is 9.02. The van der Waals surface area contributed by atoms with Gasteiger partial charge in [0.25, 0.3) is 5.69 Å². The number of nitro groups is 1. The van der Waals surface area contributed by atoms with Gasteiger partial charge in [0, 0.05) is 55.8 Å². The topological polar surface area (TPSA) is 77.7 Å². The van der Waals surface area contributed by atoms with Crippen molar-refractivity contribution in [2.45, 2.75) is 20.3 Å². The zero-order chi connectivity index (χ0) is 27.4. The van der Waals surface area contributed by atoms with Gasteiger partial charge >= 0.3 is 0 Å². The van der Waals surface area contributed by atoms with E-state index in [9.17, 15) is 10.1 Å². The van der Waals surface area contributed by atoms with Gasteiger partial charge in [-0.3, -0.25) is 15.1 Å². The van der Waals surface area contributed by atoms with Crippen molar-refractivity contribution in [3.8, 4) is 16.9 Å². The highest BCUT2D eigenvalue weighted by atomic mass is 127. The lowest BCUT2D eigenvalue weighted by atomic mass is 10.1. The summed E-state index contributed by atoms with van der Waals surface area (Å²) in [4.78, 5) is 16.4. The van der Waals surface area contributed by atoms with Gasteiger partial charge in [-0.2, -0.15) is 5.10 Å². The Balaban J connectivity index is 1.52. The molecule has 9 heteroatoms. The maximum Gasteiger partial charge on any atom is 0.269 e. The molecule has 5 rings (SSSR count). The van der Waals surface area contributed by atoms with Crippen molar-refractivity contribution in [3.05, 3.63) is 131 Å². The molecule has 3 aromatic carbocycles. The van der Waals surface area contributed by atoms with E-state index in [4.69, 9.17) is 10.1 Å². The molecule has 2 aromatic heterocycles. The van der Waals surface area contributed by atoms with Crippen molar-refractivity contribution in [1.82, 2.24) is 9.24 Å². The Morgan fingerprint density at radius 3 is 2.41 bits per heavy atom. The number of halogens is 1. The Bertz CT molecular complexity index is 1700. The van der Waals surface area contributed by atoms with Gasteiger partial charge in [0.1, 0.15) is 0 Å². The molecule has 0 bridgehead atoms. The molecule has 39 heavy (non-hydrogen) atoms. The molecule has 0 aliphatic heterocycles. The highest BCUT2D eigenvalue weighted by molar-refractivity contribution is 14.1. The zero-order valence-corrected chi connectivity index (χ0v) is 24.5. The molecule has 2 heterocycles. The maximum absolute atomic E-state index is 11.2. The fourth-order valence-electron chi connectivity index (χ4n) is 4.42. The van der Waals surface area contributed by atoms with Crippen LogP contribution in [0.25, 0.3) is 16.9 Å². The van der Waals surface area contributed by atoms with Crippen molar-refractivity contribution < 1.29 is 4.92 Å². The monoisotopic (exact) mass is 647 g/mol. The molecule has 5 aromatic rings. The van der Waals surface area contributed by atoms with Crippen LogP contribution in [0.1, 0.15) is 22.5 Å². The van der Waals surface area contributed by atoms with Gasteiger partial charge in [0.05, 0.1) is 16.8 Å². The molecule has 0 unspecified atom stereocenters. The molecule has 0 fully saturated rings. The van der Waals surface area contributed by atoms with Crippen molar-refractivity contribution in [2.75, 3.05) is 6.54 Å². The van der Waals surface area contributed by atoms with Crippen LogP contribution in [0, 0.1) is 27.5 Å². The average molecular weight is 648 g/mol. The highest BCUT2D eigenvalue weighted by Gasteiger charge is 2.12. The Labute approximate surface area is 244 Å². The van der Waals surface area contributed by atoms with E-state index in [1.807, 2.05) is 34.5 Å². The number of benzene rings is 3. The van der Waals surface area contributed by atoms with Crippen molar-refractivity contribution >= 4 is 45.8 Å². The Morgan fingerprint density at radius 2 is 1.72 bits per heavy atom. The lowest BCUT2D eigenvalue weighted by molar-refractivity contribution is -0.384. The number of nitrogens with zero attached hydrogens (tertiary/aromatic N) is 5. The molecule has 196 valence electrons. The van der Waals surface area contributed by atoms with Crippen LogP contribution < -0.4 is 4.80 Å². The number of rotatable bonds is 8. The number of non-ortho nitro benzene ring substituents is 1. The molecular formula is C30H26IN5O2S. The molecule has 0 radical (unpaired) electrons. The third-order valence-corrected chi connectivity index (χ3v) is 7.99. The van der Waals surface area contributed by atoms with E-state index >= 15 is 0 Å². The fourth-order valence-corrected chi connectivity index (χ4v) is 5.65. The van der Waals surface area contributed by atoms with E-state index in [1.165, 1.54) is 32.6 Å². The summed E-state index contributed by atoms with van der Waals surface area (Å²) in [6.45, 7) is 4.81. The predicted octanol–water partition coefficient (Wildman–Crippen LogP) is 7.16. The SMILES string of the molecule is Cc1cc(C=Nn2c(-c3ccc([N+](=O)[O-])cc3)csc2=NCCc2ccccc2)c(C)n1-c1ccc(I)cc1. The van der Waals surface area contributed by atoms with Crippen molar-refractivity contribution in [2.24, 2.45) is 10.1 Å². The van der Waals surface area contributed by atoms with E-state index in [2.05, 4.69) is 83.5 Å². The van der Waals surface area contributed by atoms with Crippen LogP contribution in [0.4, 0.5) is 5.69 Å². The number of nitro benzene ring substituents is 1. The molecule has 0 saturated carbocycles. The lowest BCUT2D eigenvalue weighted by Crippen LogP contribution is -2.13. The standard InChI is InChI=1S/C30H26IN5O2S/c1-21-18-25(22(2)34(21)27-14-10-26(31)11-15-27)19-33-35-29(24-8-12-28(13-9-24)36(37)38)20-39-30(35)32-17-16-23-6-4-3-5-7-23/h3-15,18-20H,16-17H2,1-2H3. The summed E-state index contributed by atoms with van der Waals surface area (Å²) in [5, 5.41) is 18.0. The molecule has 0 aliphatic carbocycles. The first-order valence-corrected chi connectivity index (χ1v) is 14.4. The zero-order valence-electron chi connectivity index (χ0n) is 21.5. The summed E-state index contributed by atoms with van der Waals surface area (Å²) < 4.78 is 5.24.